The van der Waals surface area contributed by atoms with Gasteiger partial charge in [-0.05, 0) is 49.4 Å². The summed E-state index contributed by atoms with van der Waals surface area (Å²) in [6, 6.07) is 21.9. The Morgan fingerprint density at radius 2 is 0.966 bits per heavy atom. The van der Waals surface area contributed by atoms with Crippen LogP contribution in [0.15, 0.2) is 72.8 Å². The lowest BCUT2D eigenvalue weighted by Crippen LogP contribution is -2.55. The van der Waals surface area contributed by atoms with Crippen LogP contribution in [-0.4, -0.2) is 15.3 Å². The molecule has 0 aliphatic carbocycles. The summed E-state index contributed by atoms with van der Waals surface area (Å²) in [5.41, 5.74) is 5.78. The molecule has 0 radical (unpaired) electrons. The van der Waals surface area contributed by atoms with Gasteiger partial charge in [-0.25, -0.2) is 0 Å². The fraction of sp³-hybridized carbons (Fsp3) is 0.143. The van der Waals surface area contributed by atoms with Crippen molar-refractivity contribution in [2.24, 2.45) is 5.73 Å². The SMILES string of the molecule is NCCC[Si](Oc1ccccc1Cl)(Oc1ccccc1Cl)Oc1ccccc1Cl. The highest BCUT2D eigenvalue weighted by Gasteiger charge is 2.49. The second-order valence-corrected chi connectivity index (χ2v) is 9.87. The molecule has 2 N–H and O–H groups in total. The van der Waals surface area contributed by atoms with Crippen molar-refractivity contribution in [1.82, 2.24) is 0 Å². The van der Waals surface area contributed by atoms with E-state index < -0.39 is 8.80 Å². The normalized spacial score (nSPS) is 11.2. The molecule has 0 aliphatic heterocycles. The first-order valence-corrected chi connectivity index (χ1v) is 12.1. The van der Waals surface area contributed by atoms with Crippen molar-refractivity contribution in [3.05, 3.63) is 87.9 Å². The van der Waals surface area contributed by atoms with E-state index in [-0.39, 0.29) is 0 Å². The number of benzene rings is 3. The van der Waals surface area contributed by atoms with Crippen molar-refractivity contribution in [3.8, 4) is 17.2 Å². The third-order valence-electron chi connectivity index (χ3n) is 3.99. The van der Waals surface area contributed by atoms with Gasteiger partial charge in [-0.15, -0.1) is 0 Å². The molecule has 8 heteroatoms. The number of para-hydroxylation sites is 3. The monoisotopic (exact) mass is 467 g/mol. The quantitative estimate of drug-likeness (QED) is 0.366. The Morgan fingerprint density at radius 1 is 0.621 bits per heavy atom. The van der Waals surface area contributed by atoms with Crippen LogP contribution in [0.25, 0.3) is 0 Å². The maximum absolute atomic E-state index is 6.34. The van der Waals surface area contributed by atoms with Gasteiger partial charge in [0.2, 0.25) is 0 Å². The number of hydrogen-bond acceptors (Lipinski definition) is 4. The van der Waals surface area contributed by atoms with Crippen LogP contribution in [0.2, 0.25) is 21.1 Å². The van der Waals surface area contributed by atoms with Crippen LogP contribution in [0.4, 0.5) is 0 Å². The Labute approximate surface area is 186 Å². The molecule has 0 bridgehead atoms. The predicted molar refractivity (Wildman–Crippen MR) is 120 cm³/mol. The number of rotatable bonds is 9. The molecule has 29 heavy (non-hydrogen) atoms. The lowest BCUT2D eigenvalue weighted by molar-refractivity contribution is 0.259. The van der Waals surface area contributed by atoms with Gasteiger partial charge in [-0.3, -0.25) is 0 Å². The molecule has 0 heterocycles. The summed E-state index contributed by atoms with van der Waals surface area (Å²) in [7, 11) is -3.47. The summed E-state index contributed by atoms with van der Waals surface area (Å²) < 4.78 is 19.0. The fourth-order valence-electron chi connectivity index (χ4n) is 2.62. The molecular formula is C21H20Cl3NO3Si. The molecule has 0 amide bonds. The first kappa shape index (κ1) is 21.8. The van der Waals surface area contributed by atoms with Crippen LogP contribution in [-0.2, 0) is 0 Å². The fourth-order valence-corrected chi connectivity index (χ4v) is 5.94. The molecule has 3 rings (SSSR count). The molecule has 0 unspecified atom stereocenters. The number of nitrogens with two attached hydrogens (primary N) is 1. The van der Waals surface area contributed by atoms with Crippen molar-refractivity contribution >= 4 is 43.6 Å². The molecule has 152 valence electrons. The van der Waals surface area contributed by atoms with E-state index in [0.717, 1.165) is 0 Å². The third kappa shape index (κ3) is 5.81. The molecular weight excluding hydrogens is 449 g/mol. The van der Waals surface area contributed by atoms with Crippen molar-refractivity contribution in [2.75, 3.05) is 6.54 Å². The van der Waals surface area contributed by atoms with Crippen LogP contribution in [0.5, 0.6) is 17.2 Å². The molecule has 3 aromatic rings. The van der Waals surface area contributed by atoms with E-state index in [2.05, 4.69) is 0 Å². The standard InChI is InChI=1S/C21H20Cl3NO3Si/c22-16-8-1-4-11-19(16)26-29(15-7-14-25,27-20-12-5-2-9-17(20)23)28-21-13-6-3-10-18(21)24/h1-6,8-13H,7,14-15,25H2. The van der Waals surface area contributed by atoms with Crippen LogP contribution in [0.1, 0.15) is 6.42 Å². The summed E-state index contributed by atoms with van der Waals surface area (Å²) in [5.74, 6) is 1.37. The molecule has 4 nitrogen and oxygen atoms in total. The van der Waals surface area contributed by atoms with Crippen molar-refractivity contribution in [2.45, 2.75) is 12.5 Å². The lowest BCUT2D eigenvalue weighted by atomic mass is 10.3. The van der Waals surface area contributed by atoms with E-state index in [0.29, 0.717) is 51.3 Å². The van der Waals surface area contributed by atoms with E-state index >= 15 is 0 Å². The minimum absolute atomic E-state index is 0.436. The van der Waals surface area contributed by atoms with Gasteiger partial charge in [0.05, 0.1) is 21.1 Å². The minimum Gasteiger partial charge on any atom is -0.482 e. The Kier molecular flexibility index (Phi) is 7.69. The third-order valence-corrected chi connectivity index (χ3v) is 7.49. The molecule has 0 aromatic heterocycles. The van der Waals surface area contributed by atoms with Crippen LogP contribution in [0.3, 0.4) is 0 Å². The predicted octanol–water partition coefficient (Wildman–Crippen LogP) is 6.47. The maximum atomic E-state index is 6.34. The first-order chi connectivity index (χ1) is 14.0. The Balaban J connectivity index is 2.05. The minimum atomic E-state index is -3.47. The summed E-state index contributed by atoms with van der Waals surface area (Å²) >= 11 is 19.0. The highest BCUT2D eigenvalue weighted by molar-refractivity contribution is 6.63. The Hall–Kier alpha value is -1.89. The van der Waals surface area contributed by atoms with Gasteiger partial charge in [-0.1, -0.05) is 71.2 Å². The van der Waals surface area contributed by atoms with Gasteiger partial charge in [0.25, 0.3) is 0 Å². The molecule has 0 aliphatic rings. The second kappa shape index (κ2) is 10.2. The van der Waals surface area contributed by atoms with Gasteiger partial charge in [0.1, 0.15) is 17.2 Å². The molecule has 0 spiro atoms. The maximum Gasteiger partial charge on any atom is 0.699 e. The zero-order valence-corrected chi connectivity index (χ0v) is 18.8. The van der Waals surface area contributed by atoms with Gasteiger partial charge in [0, 0.05) is 0 Å². The van der Waals surface area contributed by atoms with Gasteiger partial charge < -0.3 is 19.0 Å². The molecule has 3 aromatic carbocycles. The van der Waals surface area contributed by atoms with E-state index in [1.165, 1.54) is 0 Å². The smallest absolute Gasteiger partial charge is 0.482 e. The van der Waals surface area contributed by atoms with E-state index in [9.17, 15) is 0 Å². The van der Waals surface area contributed by atoms with Gasteiger partial charge in [-0.2, -0.15) is 0 Å². The van der Waals surface area contributed by atoms with Crippen LogP contribution < -0.4 is 19.0 Å². The van der Waals surface area contributed by atoms with Gasteiger partial charge >= 0.3 is 8.80 Å². The van der Waals surface area contributed by atoms with Crippen LogP contribution >= 0.6 is 34.8 Å². The zero-order chi connectivity index (χ0) is 20.7. The number of halogens is 3. The topological polar surface area (TPSA) is 53.7 Å². The lowest BCUT2D eigenvalue weighted by Gasteiger charge is -2.31. The van der Waals surface area contributed by atoms with E-state index in [1.54, 1.807) is 36.4 Å². The van der Waals surface area contributed by atoms with E-state index in [1.807, 2.05) is 36.4 Å². The highest BCUT2D eigenvalue weighted by Crippen LogP contribution is 2.35. The highest BCUT2D eigenvalue weighted by atomic mass is 35.5. The van der Waals surface area contributed by atoms with Gasteiger partial charge in [0.15, 0.2) is 0 Å². The van der Waals surface area contributed by atoms with Crippen LogP contribution in [0, 0.1) is 0 Å². The number of hydrogen-bond donors (Lipinski definition) is 1. The molecule has 0 saturated heterocycles. The van der Waals surface area contributed by atoms with Crippen molar-refractivity contribution in [1.29, 1.82) is 0 Å². The average Bonchev–Trinajstić information content (AvgIpc) is 2.72. The second-order valence-electron chi connectivity index (χ2n) is 6.17. The van der Waals surface area contributed by atoms with Crippen molar-refractivity contribution in [3.63, 3.8) is 0 Å². The molecule has 0 fully saturated rings. The summed E-state index contributed by atoms with van der Waals surface area (Å²) in [4.78, 5) is 0. The Morgan fingerprint density at radius 3 is 1.28 bits per heavy atom. The Bertz CT molecular complexity index is 842. The first-order valence-electron chi connectivity index (χ1n) is 9.04. The molecule has 0 atom stereocenters. The summed E-state index contributed by atoms with van der Waals surface area (Å²) in [6.07, 6.45) is 0.617. The summed E-state index contributed by atoms with van der Waals surface area (Å²) in [5, 5.41) is 1.34. The zero-order valence-electron chi connectivity index (χ0n) is 15.5. The molecule has 0 saturated carbocycles. The summed E-state index contributed by atoms with van der Waals surface area (Å²) in [6.45, 7) is 0.443. The average molecular weight is 469 g/mol. The van der Waals surface area contributed by atoms with E-state index in [4.69, 9.17) is 53.8 Å². The van der Waals surface area contributed by atoms with Crippen molar-refractivity contribution < 1.29 is 13.3 Å². The largest absolute Gasteiger partial charge is 0.699 e.